The summed E-state index contributed by atoms with van der Waals surface area (Å²) in [6.45, 7) is 6.48. The third-order valence-corrected chi connectivity index (χ3v) is 7.31. The van der Waals surface area contributed by atoms with E-state index in [9.17, 15) is 13.2 Å². The van der Waals surface area contributed by atoms with Crippen LogP contribution < -0.4 is 10.0 Å². The first-order valence-electron chi connectivity index (χ1n) is 10.4. The smallest absolute Gasteiger partial charge is 0.261 e. The van der Waals surface area contributed by atoms with E-state index in [-0.39, 0.29) is 32.0 Å². The number of hydrogen-bond donors (Lipinski definition) is 2. The second kappa shape index (κ2) is 10.2. The lowest BCUT2D eigenvalue weighted by molar-refractivity contribution is -0.116. The van der Waals surface area contributed by atoms with Gasteiger partial charge in [0.15, 0.2) is 0 Å². The minimum atomic E-state index is -3.86. The number of carbonyl (C=O) groups is 1. The molecule has 1 amide bonds. The first-order chi connectivity index (χ1) is 15.5. The molecule has 0 aromatic heterocycles. The summed E-state index contributed by atoms with van der Waals surface area (Å²) in [6, 6.07) is 18.9. The average molecular weight is 505 g/mol. The Morgan fingerprint density at radius 1 is 0.909 bits per heavy atom. The standard InChI is InChI=1S/C25H26Cl2N2O3S/c1-25(2,3)18-10-7-17(8-11-18)9-16-23(30)28-19-12-14-20(15-13-19)33(31,32)29-22-6-4-5-21(26)24(22)27/h4-8,10-15,29H,9,16H2,1-3H3,(H,28,30). The zero-order valence-electron chi connectivity index (χ0n) is 18.7. The molecule has 0 fully saturated rings. The van der Waals surface area contributed by atoms with Gasteiger partial charge in [-0.3, -0.25) is 9.52 Å². The van der Waals surface area contributed by atoms with Gasteiger partial charge in [0.1, 0.15) is 0 Å². The lowest BCUT2D eigenvalue weighted by atomic mass is 9.86. The fourth-order valence-electron chi connectivity index (χ4n) is 3.16. The Kier molecular flexibility index (Phi) is 7.73. The van der Waals surface area contributed by atoms with E-state index in [2.05, 4.69) is 42.9 Å². The molecular weight excluding hydrogens is 479 g/mol. The third-order valence-electron chi connectivity index (χ3n) is 5.10. The van der Waals surface area contributed by atoms with Crippen LogP contribution >= 0.6 is 23.2 Å². The Labute approximate surface area is 205 Å². The molecule has 3 aromatic carbocycles. The van der Waals surface area contributed by atoms with Crippen LogP contribution in [-0.2, 0) is 26.7 Å². The molecule has 174 valence electrons. The Hall–Kier alpha value is -2.54. The first kappa shape index (κ1) is 25.1. The van der Waals surface area contributed by atoms with Gasteiger partial charge < -0.3 is 5.32 Å². The highest BCUT2D eigenvalue weighted by Gasteiger charge is 2.17. The number of amides is 1. The zero-order chi connectivity index (χ0) is 24.2. The summed E-state index contributed by atoms with van der Waals surface area (Å²) >= 11 is 12.0. The maximum absolute atomic E-state index is 12.6. The van der Waals surface area contributed by atoms with Gasteiger partial charge in [-0.2, -0.15) is 0 Å². The number of anilines is 2. The zero-order valence-corrected chi connectivity index (χ0v) is 21.0. The number of sulfonamides is 1. The van der Waals surface area contributed by atoms with E-state index in [1.165, 1.54) is 23.8 Å². The Morgan fingerprint density at radius 3 is 2.15 bits per heavy atom. The number of benzene rings is 3. The number of hydrogen-bond acceptors (Lipinski definition) is 3. The summed E-state index contributed by atoms with van der Waals surface area (Å²) in [5.41, 5.74) is 3.13. The molecule has 0 saturated heterocycles. The van der Waals surface area contributed by atoms with Crippen LogP contribution in [0.4, 0.5) is 11.4 Å². The summed E-state index contributed by atoms with van der Waals surface area (Å²) in [7, 11) is -3.86. The highest BCUT2D eigenvalue weighted by molar-refractivity contribution is 7.92. The molecule has 0 heterocycles. The second-order valence-electron chi connectivity index (χ2n) is 8.73. The van der Waals surface area contributed by atoms with Crippen molar-refractivity contribution in [2.24, 2.45) is 0 Å². The fraction of sp³-hybridized carbons (Fsp3) is 0.240. The monoisotopic (exact) mass is 504 g/mol. The van der Waals surface area contributed by atoms with Crippen molar-refractivity contribution >= 4 is 50.5 Å². The normalized spacial score (nSPS) is 11.8. The van der Waals surface area contributed by atoms with Gasteiger partial charge in [-0.1, -0.05) is 74.3 Å². The predicted molar refractivity (Wildman–Crippen MR) is 136 cm³/mol. The van der Waals surface area contributed by atoms with Crippen molar-refractivity contribution in [1.82, 2.24) is 0 Å². The average Bonchev–Trinajstić information content (AvgIpc) is 2.75. The van der Waals surface area contributed by atoms with Gasteiger partial charge in [0.05, 0.1) is 20.6 Å². The van der Waals surface area contributed by atoms with Crippen LogP contribution in [0.25, 0.3) is 0 Å². The Morgan fingerprint density at radius 2 is 1.55 bits per heavy atom. The van der Waals surface area contributed by atoms with Gasteiger partial charge in [0.2, 0.25) is 5.91 Å². The summed E-state index contributed by atoms with van der Waals surface area (Å²) < 4.78 is 27.7. The van der Waals surface area contributed by atoms with Crippen molar-refractivity contribution in [2.45, 2.75) is 43.9 Å². The fourth-order valence-corrected chi connectivity index (χ4v) is 4.63. The van der Waals surface area contributed by atoms with Gasteiger partial charge >= 0.3 is 0 Å². The van der Waals surface area contributed by atoms with E-state index in [4.69, 9.17) is 23.2 Å². The number of halogens is 2. The van der Waals surface area contributed by atoms with Crippen LogP contribution in [0.2, 0.25) is 10.0 Å². The van der Waals surface area contributed by atoms with E-state index in [1.54, 1.807) is 24.3 Å². The molecule has 5 nitrogen and oxygen atoms in total. The topological polar surface area (TPSA) is 75.3 Å². The molecule has 0 spiro atoms. The molecule has 0 aliphatic carbocycles. The molecule has 0 unspecified atom stereocenters. The lowest BCUT2D eigenvalue weighted by Gasteiger charge is -2.19. The van der Waals surface area contributed by atoms with Crippen molar-refractivity contribution in [3.05, 3.63) is 87.9 Å². The number of rotatable bonds is 7. The summed E-state index contributed by atoms with van der Waals surface area (Å²) in [6.07, 6.45) is 0.941. The van der Waals surface area contributed by atoms with Gasteiger partial charge in [0.25, 0.3) is 10.0 Å². The molecule has 0 radical (unpaired) electrons. The number of nitrogens with one attached hydrogen (secondary N) is 2. The maximum atomic E-state index is 12.6. The molecule has 2 N–H and O–H groups in total. The van der Waals surface area contributed by atoms with E-state index in [1.807, 2.05) is 12.1 Å². The van der Waals surface area contributed by atoms with Gasteiger partial charge in [0, 0.05) is 12.1 Å². The minimum Gasteiger partial charge on any atom is -0.326 e. The highest BCUT2D eigenvalue weighted by Crippen LogP contribution is 2.31. The molecular formula is C25H26Cl2N2O3S. The van der Waals surface area contributed by atoms with E-state index in [0.717, 1.165) is 5.56 Å². The van der Waals surface area contributed by atoms with E-state index >= 15 is 0 Å². The molecule has 0 aliphatic rings. The van der Waals surface area contributed by atoms with Gasteiger partial charge in [-0.05, 0) is 59.4 Å². The highest BCUT2D eigenvalue weighted by atomic mass is 35.5. The second-order valence-corrected chi connectivity index (χ2v) is 11.2. The summed E-state index contributed by atoms with van der Waals surface area (Å²) in [4.78, 5) is 12.4. The molecule has 33 heavy (non-hydrogen) atoms. The van der Waals surface area contributed by atoms with E-state index < -0.39 is 10.0 Å². The molecule has 8 heteroatoms. The first-order valence-corrected chi connectivity index (χ1v) is 12.7. The number of aryl methyl sites for hydroxylation is 1. The summed E-state index contributed by atoms with van der Waals surface area (Å²) in [5, 5.41) is 3.17. The van der Waals surface area contributed by atoms with Gasteiger partial charge in [-0.25, -0.2) is 8.42 Å². The van der Waals surface area contributed by atoms with Crippen LogP contribution in [0, 0.1) is 0 Å². The van der Waals surface area contributed by atoms with Crippen molar-refractivity contribution in [3.63, 3.8) is 0 Å². The molecule has 0 saturated carbocycles. The van der Waals surface area contributed by atoms with Gasteiger partial charge in [-0.15, -0.1) is 0 Å². The van der Waals surface area contributed by atoms with Crippen molar-refractivity contribution in [3.8, 4) is 0 Å². The SMILES string of the molecule is CC(C)(C)c1ccc(CCC(=O)Nc2ccc(S(=O)(=O)Nc3cccc(Cl)c3Cl)cc2)cc1. The van der Waals surface area contributed by atoms with E-state index in [0.29, 0.717) is 18.5 Å². The predicted octanol–water partition coefficient (Wildman–Crippen LogP) is 6.66. The maximum Gasteiger partial charge on any atom is 0.261 e. The molecule has 3 aromatic rings. The largest absolute Gasteiger partial charge is 0.326 e. The van der Waals surface area contributed by atoms with Crippen LogP contribution in [0.15, 0.2) is 71.6 Å². The van der Waals surface area contributed by atoms with Crippen molar-refractivity contribution in [2.75, 3.05) is 10.0 Å². The van der Waals surface area contributed by atoms with Crippen LogP contribution in [0.5, 0.6) is 0 Å². The van der Waals surface area contributed by atoms with Crippen LogP contribution in [0.3, 0.4) is 0 Å². The molecule has 3 rings (SSSR count). The minimum absolute atomic E-state index is 0.0375. The molecule has 0 bridgehead atoms. The quantitative estimate of drug-likeness (QED) is 0.377. The Bertz CT molecular complexity index is 1230. The molecule has 0 atom stereocenters. The third kappa shape index (κ3) is 6.73. The number of carbonyl (C=O) groups excluding carboxylic acids is 1. The van der Waals surface area contributed by atoms with Crippen molar-refractivity contribution in [1.29, 1.82) is 0 Å². The van der Waals surface area contributed by atoms with Crippen LogP contribution in [-0.4, -0.2) is 14.3 Å². The molecule has 0 aliphatic heterocycles. The summed E-state index contributed by atoms with van der Waals surface area (Å²) in [5.74, 6) is -0.144. The van der Waals surface area contributed by atoms with Crippen LogP contribution in [0.1, 0.15) is 38.3 Å². The Balaban J connectivity index is 1.58. The van der Waals surface area contributed by atoms with Crippen molar-refractivity contribution < 1.29 is 13.2 Å². The lowest BCUT2D eigenvalue weighted by Crippen LogP contribution is -2.15.